The van der Waals surface area contributed by atoms with Crippen LogP contribution in [0.5, 0.6) is 0 Å². The lowest BCUT2D eigenvalue weighted by Crippen LogP contribution is -2.50. The van der Waals surface area contributed by atoms with E-state index in [1.54, 1.807) is 12.4 Å². The number of nitrogen functional groups attached to an aromatic ring is 1. The van der Waals surface area contributed by atoms with Crippen LogP contribution in [0.2, 0.25) is 0 Å². The Kier molecular flexibility index (Phi) is 7.75. The Bertz CT molecular complexity index is 1990. The lowest BCUT2D eigenvalue weighted by atomic mass is 9.74. The van der Waals surface area contributed by atoms with Crippen LogP contribution in [0, 0.1) is 5.92 Å². The van der Waals surface area contributed by atoms with Crippen LogP contribution in [0.25, 0.3) is 11.1 Å². The molecule has 0 radical (unpaired) electrons. The molecule has 7 nitrogen and oxygen atoms in total. The fourth-order valence-electron chi connectivity index (χ4n) is 7.41. The maximum Gasteiger partial charge on any atom is 0.329 e. The van der Waals surface area contributed by atoms with Gasteiger partial charge in [-0.25, -0.2) is 19.5 Å². The number of rotatable bonds is 9. The summed E-state index contributed by atoms with van der Waals surface area (Å²) < 4.78 is 8.93. The molecular formula is C42H39N6O+. The second kappa shape index (κ2) is 12.4. The molecule has 242 valence electrons. The van der Waals surface area contributed by atoms with E-state index in [0.717, 1.165) is 52.8 Å². The third-order valence-electron chi connectivity index (χ3n) is 10.2. The summed E-state index contributed by atoms with van der Waals surface area (Å²) in [7, 11) is 0. The van der Waals surface area contributed by atoms with Gasteiger partial charge in [0.05, 0.1) is 5.70 Å². The molecule has 1 fully saturated rings. The zero-order chi connectivity index (χ0) is 33.4. The summed E-state index contributed by atoms with van der Waals surface area (Å²) in [6.07, 6.45) is 10.7. The minimum absolute atomic E-state index is 0.0719. The molecule has 4 aromatic carbocycles. The number of hydrogen-bond donors (Lipinski definition) is 1. The molecule has 1 aliphatic carbocycles. The summed E-state index contributed by atoms with van der Waals surface area (Å²) in [6.45, 7) is 4.45. The number of anilines is 1. The van der Waals surface area contributed by atoms with E-state index in [2.05, 4.69) is 150 Å². The molecule has 49 heavy (non-hydrogen) atoms. The van der Waals surface area contributed by atoms with Crippen LogP contribution in [0.4, 0.5) is 5.95 Å². The zero-order valence-electron chi connectivity index (χ0n) is 27.8. The number of ether oxygens (including phenoxy) is 1. The number of benzene rings is 4. The molecule has 8 rings (SSSR count). The van der Waals surface area contributed by atoms with E-state index in [4.69, 9.17) is 20.5 Å². The van der Waals surface area contributed by atoms with Crippen molar-refractivity contribution in [2.24, 2.45) is 15.9 Å². The molecule has 0 amide bonds. The maximum atomic E-state index is 6.68. The Labute approximate surface area is 287 Å². The van der Waals surface area contributed by atoms with Crippen molar-refractivity contribution in [2.75, 3.05) is 5.73 Å². The van der Waals surface area contributed by atoms with Gasteiger partial charge in [0, 0.05) is 46.5 Å². The van der Waals surface area contributed by atoms with Crippen LogP contribution in [-0.2, 0) is 15.7 Å². The van der Waals surface area contributed by atoms with E-state index in [0.29, 0.717) is 17.7 Å². The van der Waals surface area contributed by atoms with Crippen molar-refractivity contribution in [2.45, 2.75) is 50.2 Å². The summed E-state index contributed by atoms with van der Waals surface area (Å²) in [6, 6.07) is 40.7. The van der Waals surface area contributed by atoms with Gasteiger partial charge in [-0.1, -0.05) is 126 Å². The molecule has 2 unspecified atom stereocenters. The van der Waals surface area contributed by atoms with Crippen LogP contribution in [0.3, 0.4) is 0 Å². The molecule has 2 atom stereocenters. The Morgan fingerprint density at radius 1 is 0.714 bits per heavy atom. The Hall–Kier alpha value is -5.69. The van der Waals surface area contributed by atoms with Gasteiger partial charge in [-0.15, -0.1) is 0 Å². The normalized spacial score (nSPS) is 18.8. The lowest BCUT2D eigenvalue weighted by molar-refractivity contribution is -0.488. The molecule has 1 saturated carbocycles. The SMILES string of the molecule is CC1CC=C(C(C)(c2ccc(-c3cnc(N)nc3)cc2)C2CC2)N=C(C2=[N+](C(c3ccccc3)(c3ccccc3)c3ccccc3)C=N2)O1. The molecule has 3 aliphatic rings. The standard InChI is InChI=1S/C42H39N6O/c1-29-18-25-37(41(2,33-23-24-33)32-21-19-30(20-22-32)31-26-44-40(43)45-27-31)47-39(49-29)38-46-28-48(38)42(34-12-6-3-7-13-34,35-14-8-4-9-15-35)36-16-10-5-11-17-36/h3-17,19-22,25-29,33H,18,23-24H2,1-2H3,(H2,43,44,45)/q+1. The summed E-state index contributed by atoms with van der Waals surface area (Å²) in [5.41, 5.74) is 12.3. The Morgan fingerprint density at radius 2 is 1.27 bits per heavy atom. The van der Waals surface area contributed by atoms with Crippen molar-refractivity contribution >= 4 is 24.0 Å². The van der Waals surface area contributed by atoms with E-state index < -0.39 is 5.54 Å². The van der Waals surface area contributed by atoms with Gasteiger partial charge in [0.15, 0.2) is 5.54 Å². The average molecular weight is 644 g/mol. The van der Waals surface area contributed by atoms with Gasteiger partial charge in [-0.3, -0.25) is 0 Å². The van der Waals surface area contributed by atoms with Crippen molar-refractivity contribution in [3.63, 3.8) is 0 Å². The molecule has 3 heterocycles. The topological polar surface area (TPSA) is 88.8 Å². The van der Waals surface area contributed by atoms with Crippen molar-refractivity contribution < 1.29 is 9.31 Å². The average Bonchev–Trinajstić information content (AvgIpc) is 4.01. The third-order valence-corrected chi connectivity index (χ3v) is 10.2. The summed E-state index contributed by atoms with van der Waals surface area (Å²) in [4.78, 5) is 18.7. The van der Waals surface area contributed by atoms with Crippen LogP contribution >= 0.6 is 0 Å². The molecule has 2 N–H and O–H groups in total. The number of allylic oxidation sites excluding steroid dienone is 1. The van der Waals surface area contributed by atoms with Gasteiger partial charge < -0.3 is 10.5 Å². The highest BCUT2D eigenvalue weighted by Gasteiger charge is 2.50. The summed E-state index contributed by atoms with van der Waals surface area (Å²) in [5.74, 6) is 2.01. The fourth-order valence-corrected chi connectivity index (χ4v) is 7.41. The predicted octanol–water partition coefficient (Wildman–Crippen LogP) is 7.93. The van der Waals surface area contributed by atoms with Gasteiger partial charge >= 0.3 is 5.84 Å². The number of nitrogens with zero attached hydrogens (tertiary/aromatic N) is 5. The largest absolute Gasteiger partial charge is 0.470 e. The first-order valence-corrected chi connectivity index (χ1v) is 17.0. The van der Waals surface area contributed by atoms with E-state index in [1.165, 1.54) is 5.56 Å². The van der Waals surface area contributed by atoms with Gasteiger partial charge in [0.1, 0.15) is 6.10 Å². The highest BCUT2D eigenvalue weighted by molar-refractivity contribution is 6.39. The van der Waals surface area contributed by atoms with Gasteiger partial charge in [-0.05, 0) is 43.7 Å². The van der Waals surface area contributed by atoms with Crippen LogP contribution in [-0.4, -0.2) is 38.7 Å². The summed E-state index contributed by atoms with van der Waals surface area (Å²) in [5, 5.41) is 0. The Morgan fingerprint density at radius 3 is 1.76 bits per heavy atom. The lowest BCUT2D eigenvalue weighted by Gasteiger charge is -2.37. The van der Waals surface area contributed by atoms with Crippen molar-refractivity contribution in [1.82, 2.24) is 9.97 Å². The fraction of sp³-hybridized carbons (Fsp3) is 0.214. The summed E-state index contributed by atoms with van der Waals surface area (Å²) >= 11 is 0. The van der Waals surface area contributed by atoms with Gasteiger partial charge in [0.25, 0.3) is 5.90 Å². The van der Waals surface area contributed by atoms with Crippen LogP contribution in [0.1, 0.15) is 55.4 Å². The smallest absolute Gasteiger partial charge is 0.329 e. The number of aliphatic imine (C=N–C) groups is 2. The third kappa shape index (κ3) is 5.35. The van der Waals surface area contributed by atoms with Gasteiger partial charge in [-0.2, -0.15) is 0 Å². The first kappa shape index (κ1) is 30.6. The molecule has 1 aromatic heterocycles. The van der Waals surface area contributed by atoms with Crippen molar-refractivity contribution in [1.29, 1.82) is 0 Å². The minimum Gasteiger partial charge on any atom is -0.470 e. The molecule has 7 heteroatoms. The zero-order valence-corrected chi connectivity index (χ0v) is 27.8. The van der Waals surface area contributed by atoms with E-state index >= 15 is 0 Å². The highest BCUT2D eigenvalue weighted by Crippen LogP contribution is 2.52. The predicted molar refractivity (Wildman–Crippen MR) is 196 cm³/mol. The molecule has 0 saturated heterocycles. The van der Waals surface area contributed by atoms with Crippen molar-refractivity contribution in [3.05, 3.63) is 162 Å². The first-order chi connectivity index (χ1) is 24.0. The van der Waals surface area contributed by atoms with E-state index in [-0.39, 0.29) is 17.5 Å². The van der Waals surface area contributed by atoms with E-state index in [1.807, 2.05) is 6.34 Å². The second-order valence-corrected chi connectivity index (χ2v) is 13.3. The maximum absolute atomic E-state index is 6.68. The molecule has 5 aromatic rings. The quantitative estimate of drug-likeness (QED) is 0.131. The minimum atomic E-state index is -0.701. The molecular weight excluding hydrogens is 605 g/mol. The number of nitrogens with two attached hydrogens (primary N) is 1. The molecule has 0 bridgehead atoms. The highest BCUT2D eigenvalue weighted by atomic mass is 16.5. The molecule has 0 spiro atoms. The van der Waals surface area contributed by atoms with Crippen LogP contribution in [0.15, 0.2) is 149 Å². The second-order valence-electron chi connectivity index (χ2n) is 13.3. The monoisotopic (exact) mass is 643 g/mol. The van der Waals surface area contributed by atoms with Crippen molar-refractivity contribution in [3.8, 4) is 11.1 Å². The Balaban J connectivity index is 1.27. The van der Waals surface area contributed by atoms with E-state index in [9.17, 15) is 0 Å². The molecule has 2 aliphatic heterocycles. The van der Waals surface area contributed by atoms with Crippen LogP contribution < -0.4 is 5.73 Å². The number of amidine groups is 1. The number of aromatic nitrogens is 2. The van der Waals surface area contributed by atoms with Gasteiger partial charge in [0.2, 0.25) is 12.3 Å². The first-order valence-electron chi connectivity index (χ1n) is 17.0. The number of hydrogen-bond acceptors (Lipinski definition) is 6.